The minimum Gasteiger partial charge on any atom is -0.463 e. The SMILES string of the molecule is C.COCCOC(C)=O. The van der Waals surface area contributed by atoms with Crippen LogP contribution in [0.2, 0.25) is 0 Å². The summed E-state index contributed by atoms with van der Waals surface area (Å²) in [7, 11) is 1.56. The molecule has 0 N–H and O–H groups in total. The van der Waals surface area contributed by atoms with Crippen molar-refractivity contribution in [3.63, 3.8) is 0 Å². The third-order valence-electron chi connectivity index (χ3n) is 0.593. The number of ether oxygens (including phenoxy) is 2. The summed E-state index contributed by atoms with van der Waals surface area (Å²) in [5.74, 6) is -0.262. The zero-order chi connectivity index (χ0) is 6.41. The highest BCUT2D eigenvalue weighted by atomic mass is 16.6. The molecule has 0 saturated heterocycles. The van der Waals surface area contributed by atoms with Crippen molar-refractivity contribution < 1.29 is 14.3 Å². The van der Waals surface area contributed by atoms with Gasteiger partial charge < -0.3 is 9.47 Å². The first-order valence-corrected chi connectivity index (χ1v) is 2.39. The Balaban J connectivity index is 0. The van der Waals surface area contributed by atoms with E-state index in [-0.39, 0.29) is 13.4 Å². The molecule has 56 valence electrons. The van der Waals surface area contributed by atoms with Gasteiger partial charge in [-0.05, 0) is 0 Å². The van der Waals surface area contributed by atoms with Crippen LogP contribution in [0.15, 0.2) is 0 Å². The summed E-state index contributed by atoms with van der Waals surface area (Å²) in [6.45, 7) is 2.20. The van der Waals surface area contributed by atoms with Crippen LogP contribution < -0.4 is 0 Å². The molecular formula is C6H14O3. The lowest BCUT2D eigenvalue weighted by Gasteiger charge is -1.97. The van der Waals surface area contributed by atoms with Crippen molar-refractivity contribution in [1.29, 1.82) is 0 Å². The molecule has 0 rings (SSSR count). The molecule has 0 heterocycles. The second kappa shape index (κ2) is 7.43. The molecule has 0 unspecified atom stereocenters. The van der Waals surface area contributed by atoms with Gasteiger partial charge in [-0.15, -0.1) is 0 Å². The molecule has 9 heavy (non-hydrogen) atoms. The van der Waals surface area contributed by atoms with Crippen LogP contribution in [0.1, 0.15) is 14.4 Å². The topological polar surface area (TPSA) is 35.5 Å². The van der Waals surface area contributed by atoms with Crippen LogP contribution in [-0.2, 0) is 14.3 Å². The van der Waals surface area contributed by atoms with Gasteiger partial charge in [0, 0.05) is 14.0 Å². The summed E-state index contributed by atoms with van der Waals surface area (Å²) < 4.78 is 9.13. The minimum atomic E-state index is -0.262. The Morgan fingerprint density at radius 3 is 2.33 bits per heavy atom. The third-order valence-corrected chi connectivity index (χ3v) is 0.593. The summed E-state index contributed by atoms with van der Waals surface area (Å²) in [6.07, 6.45) is 0. The largest absolute Gasteiger partial charge is 0.463 e. The number of carbonyl (C=O) groups excluding carboxylic acids is 1. The molecule has 0 radical (unpaired) electrons. The van der Waals surface area contributed by atoms with E-state index < -0.39 is 0 Å². The van der Waals surface area contributed by atoms with Crippen LogP contribution >= 0.6 is 0 Å². The number of hydrogen-bond acceptors (Lipinski definition) is 3. The number of carbonyl (C=O) groups is 1. The molecule has 0 spiro atoms. The lowest BCUT2D eigenvalue weighted by atomic mass is 10.7. The van der Waals surface area contributed by atoms with E-state index >= 15 is 0 Å². The quantitative estimate of drug-likeness (QED) is 0.423. The maximum atomic E-state index is 10.0. The van der Waals surface area contributed by atoms with E-state index in [1.165, 1.54) is 6.92 Å². The summed E-state index contributed by atoms with van der Waals surface area (Å²) in [5.41, 5.74) is 0. The van der Waals surface area contributed by atoms with Gasteiger partial charge in [0.2, 0.25) is 0 Å². The Bertz CT molecular complexity index is 70.7. The monoisotopic (exact) mass is 134 g/mol. The molecule has 3 nitrogen and oxygen atoms in total. The minimum absolute atomic E-state index is 0. The highest BCUT2D eigenvalue weighted by Crippen LogP contribution is 1.74. The summed E-state index contributed by atoms with van der Waals surface area (Å²) in [4.78, 5) is 10.0. The van der Waals surface area contributed by atoms with Crippen LogP contribution in [0, 0.1) is 0 Å². The molecule has 0 fully saturated rings. The molecule has 0 aromatic rings. The predicted octanol–water partition coefficient (Wildman–Crippen LogP) is 0.832. The maximum absolute atomic E-state index is 10.0. The van der Waals surface area contributed by atoms with E-state index in [4.69, 9.17) is 0 Å². The fraction of sp³-hybridized carbons (Fsp3) is 0.833. The second-order valence-electron chi connectivity index (χ2n) is 1.33. The fourth-order valence-electron chi connectivity index (χ4n) is 0.269. The van der Waals surface area contributed by atoms with Crippen LogP contribution in [0.3, 0.4) is 0 Å². The maximum Gasteiger partial charge on any atom is 0.302 e. The Kier molecular flexibility index (Phi) is 9.29. The van der Waals surface area contributed by atoms with Crippen molar-refractivity contribution >= 4 is 5.97 Å². The van der Waals surface area contributed by atoms with E-state index in [9.17, 15) is 4.79 Å². The van der Waals surface area contributed by atoms with Gasteiger partial charge >= 0.3 is 5.97 Å². The average molecular weight is 134 g/mol. The van der Waals surface area contributed by atoms with Crippen LogP contribution in [-0.4, -0.2) is 26.3 Å². The average Bonchev–Trinajstić information content (AvgIpc) is 1.66. The molecule has 0 bridgehead atoms. The highest BCUT2D eigenvalue weighted by Gasteiger charge is 1.88. The molecule has 0 aromatic heterocycles. The van der Waals surface area contributed by atoms with Crippen molar-refractivity contribution in [2.45, 2.75) is 14.4 Å². The molecule has 3 heteroatoms. The Hall–Kier alpha value is -0.570. The number of rotatable bonds is 3. The molecule has 0 saturated carbocycles. The van der Waals surface area contributed by atoms with E-state index in [0.29, 0.717) is 13.2 Å². The molecular weight excluding hydrogens is 120 g/mol. The molecule has 0 aliphatic rings. The van der Waals surface area contributed by atoms with Gasteiger partial charge in [-0.25, -0.2) is 0 Å². The molecule has 0 atom stereocenters. The smallest absolute Gasteiger partial charge is 0.302 e. The Labute approximate surface area is 56.0 Å². The Morgan fingerprint density at radius 1 is 1.44 bits per heavy atom. The van der Waals surface area contributed by atoms with Crippen molar-refractivity contribution in [1.82, 2.24) is 0 Å². The van der Waals surface area contributed by atoms with Crippen LogP contribution in [0.5, 0.6) is 0 Å². The van der Waals surface area contributed by atoms with Crippen molar-refractivity contribution in [3.05, 3.63) is 0 Å². The van der Waals surface area contributed by atoms with Crippen LogP contribution in [0.25, 0.3) is 0 Å². The predicted molar refractivity (Wildman–Crippen MR) is 35.2 cm³/mol. The van der Waals surface area contributed by atoms with Crippen molar-refractivity contribution in [2.24, 2.45) is 0 Å². The second-order valence-corrected chi connectivity index (χ2v) is 1.33. The summed E-state index contributed by atoms with van der Waals surface area (Å²) >= 11 is 0. The van der Waals surface area contributed by atoms with E-state index in [1.807, 2.05) is 0 Å². The van der Waals surface area contributed by atoms with E-state index in [1.54, 1.807) is 7.11 Å². The zero-order valence-electron chi connectivity index (χ0n) is 5.14. The first kappa shape index (κ1) is 11.3. The standard InChI is InChI=1S/C5H10O3.CH4/c1-5(6)8-4-3-7-2;/h3-4H2,1-2H3;1H4. The lowest BCUT2D eigenvalue weighted by molar-refractivity contribution is -0.142. The van der Waals surface area contributed by atoms with E-state index in [0.717, 1.165) is 0 Å². The normalized spacial score (nSPS) is 7.78. The van der Waals surface area contributed by atoms with Gasteiger partial charge in [0.25, 0.3) is 0 Å². The Morgan fingerprint density at radius 2 is 2.00 bits per heavy atom. The van der Waals surface area contributed by atoms with E-state index in [2.05, 4.69) is 9.47 Å². The lowest BCUT2D eigenvalue weighted by Crippen LogP contribution is -2.05. The third kappa shape index (κ3) is 11.2. The number of hydrogen-bond donors (Lipinski definition) is 0. The van der Waals surface area contributed by atoms with Gasteiger partial charge in [-0.1, -0.05) is 7.43 Å². The van der Waals surface area contributed by atoms with Crippen LogP contribution in [0.4, 0.5) is 0 Å². The molecule has 0 aliphatic heterocycles. The molecule has 0 aliphatic carbocycles. The van der Waals surface area contributed by atoms with Gasteiger partial charge in [0.1, 0.15) is 6.61 Å². The highest BCUT2D eigenvalue weighted by molar-refractivity contribution is 5.65. The van der Waals surface area contributed by atoms with Crippen molar-refractivity contribution in [2.75, 3.05) is 20.3 Å². The fourth-order valence-corrected chi connectivity index (χ4v) is 0.269. The number of esters is 1. The molecule has 0 aromatic carbocycles. The zero-order valence-corrected chi connectivity index (χ0v) is 5.14. The van der Waals surface area contributed by atoms with Gasteiger partial charge in [0.15, 0.2) is 0 Å². The van der Waals surface area contributed by atoms with Gasteiger partial charge in [0.05, 0.1) is 6.61 Å². The summed E-state index contributed by atoms with van der Waals surface area (Å²) in [6, 6.07) is 0. The summed E-state index contributed by atoms with van der Waals surface area (Å²) in [5, 5.41) is 0. The van der Waals surface area contributed by atoms with Crippen molar-refractivity contribution in [3.8, 4) is 0 Å². The van der Waals surface area contributed by atoms with Gasteiger partial charge in [-0.3, -0.25) is 4.79 Å². The van der Waals surface area contributed by atoms with Gasteiger partial charge in [-0.2, -0.15) is 0 Å². The molecule has 0 amide bonds. The first-order chi connectivity index (χ1) is 3.77. The number of methoxy groups -OCH3 is 1. The first-order valence-electron chi connectivity index (χ1n) is 2.39.